The highest BCUT2D eigenvalue weighted by atomic mass is 16.4. The van der Waals surface area contributed by atoms with Crippen molar-refractivity contribution >= 4 is 16.9 Å². The highest BCUT2D eigenvalue weighted by Crippen LogP contribution is 2.13. The van der Waals surface area contributed by atoms with Crippen molar-refractivity contribution in [2.24, 2.45) is 0 Å². The monoisotopic (exact) mass is 160 g/mol. The first-order chi connectivity index (χ1) is 5.77. The molecule has 0 fully saturated rings. The highest BCUT2D eigenvalue weighted by molar-refractivity contribution is 5.86. The molecule has 0 spiro atoms. The minimum Gasteiger partial charge on any atom is -0.256 e. The molecule has 0 aliphatic rings. The van der Waals surface area contributed by atoms with Gasteiger partial charge in [-0.05, 0) is 10.8 Å². The fourth-order valence-electron chi connectivity index (χ4n) is 1.19. The molecule has 0 N–H and O–H groups in total. The van der Waals surface area contributed by atoms with Gasteiger partial charge in [0.25, 0.3) is 0 Å². The van der Waals surface area contributed by atoms with Crippen molar-refractivity contribution in [1.82, 2.24) is 4.57 Å². The Morgan fingerprint density at radius 3 is 2.00 bits per heavy atom. The van der Waals surface area contributed by atoms with Crippen LogP contribution in [0, 0.1) is 0 Å². The topological polar surface area (TPSA) is 41.9 Å². The second-order valence-corrected chi connectivity index (χ2v) is 2.56. The predicted octanol–water partition coefficient (Wildman–Crippen LogP) is 2.04. The average Bonchev–Trinajstić information content (AvgIpc) is 2.46. The number of carbonyl (C=O) groups is 1. The summed E-state index contributed by atoms with van der Waals surface area (Å²) >= 11 is 0. The summed E-state index contributed by atoms with van der Waals surface area (Å²) in [5.41, 5.74) is 0. The third kappa shape index (κ3) is 0.955. The van der Waals surface area contributed by atoms with Crippen LogP contribution in [0.4, 0.5) is 4.79 Å². The Balaban J connectivity index is 2.70. The Morgan fingerprint density at radius 1 is 1.08 bits per heavy atom. The first kappa shape index (κ1) is 6.91. The fourth-order valence-corrected chi connectivity index (χ4v) is 1.19. The third-order valence-electron chi connectivity index (χ3n) is 1.76. The largest absolute Gasteiger partial charge is 0.461 e. The van der Waals surface area contributed by atoms with E-state index < -0.39 is 6.09 Å². The third-order valence-corrected chi connectivity index (χ3v) is 1.76. The number of nitrogens with zero attached hydrogens (tertiary/aromatic N) is 1. The van der Waals surface area contributed by atoms with Crippen LogP contribution in [0.15, 0.2) is 36.7 Å². The van der Waals surface area contributed by atoms with E-state index >= 15 is 0 Å². The molecule has 1 heterocycles. The van der Waals surface area contributed by atoms with E-state index in [1.165, 1.54) is 12.4 Å². The molecule has 0 amide bonds. The van der Waals surface area contributed by atoms with E-state index in [2.05, 4.69) is 0 Å². The minimum atomic E-state index is -1.20. The van der Waals surface area contributed by atoms with E-state index in [9.17, 15) is 9.90 Å². The maximum atomic E-state index is 10.4. The smallest absolute Gasteiger partial charge is 0.256 e. The quantitative estimate of drug-likeness (QED) is 0.581. The molecule has 59 valence electrons. The van der Waals surface area contributed by atoms with Gasteiger partial charge in [-0.25, -0.2) is 9.90 Å². The molecule has 12 heavy (non-hydrogen) atoms. The van der Waals surface area contributed by atoms with Crippen LogP contribution in [-0.4, -0.2) is 10.7 Å². The van der Waals surface area contributed by atoms with Crippen molar-refractivity contribution in [1.29, 1.82) is 0 Å². The molecule has 0 saturated heterocycles. The first-order valence-corrected chi connectivity index (χ1v) is 3.55. The number of benzene rings is 1. The van der Waals surface area contributed by atoms with Gasteiger partial charge in [0, 0.05) is 12.4 Å². The highest BCUT2D eigenvalue weighted by Gasteiger charge is 2.03. The molecule has 0 unspecified atom stereocenters. The van der Waals surface area contributed by atoms with Gasteiger partial charge in [-0.15, -0.1) is 0 Å². The van der Waals surface area contributed by atoms with Gasteiger partial charge in [0.2, 0.25) is 0 Å². The number of fused-ring (bicyclic) bond motifs is 1. The second-order valence-electron chi connectivity index (χ2n) is 2.56. The van der Waals surface area contributed by atoms with E-state index in [0.717, 1.165) is 15.3 Å². The zero-order valence-corrected chi connectivity index (χ0v) is 6.23. The van der Waals surface area contributed by atoms with Gasteiger partial charge in [0.15, 0.2) is 0 Å². The van der Waals surface area contributed by atoms with Crippen LogP contribution in [0.1, 0.15) is 0 Å². The standard InChI is InChI=1S/C9H6NO2/c11-9(12)10-5-7-3-1-2-4-8(7)6-10/h1-6H. The van der Waals surface area contributed by atoms with Crippen LogP contribution in [-0.2, 0) is 5.11 Å². The van der Waals surface area contributed by atoms with Gasteiger partial charge in [-0.3, -0.25) is 4.57 Å². The lowest BCUT2D eigenvalue weighted by Crippen LogP contribution is -2.01. The Labute approximate surface area is 68.9 Å². The Hall–Kier alpha value is -1.77. The van der Waals surface area contributed by atoms with Crippen LogP contribution in [0.5, 0.6) is 0 Å². The Kier molecular flexibility index (Phi) is 1.37. The lowest BCUT2D eigenvalue weighted by atomic mass is 10.2. The number of hydrogen-bond acceptors (Lipinski definition) is 1. The van der Waals surface area contributed by atoms with Crippen LogP contribution in [0.3, 0.4) is 0 Å². The van der Waals surface area contributed by atoms with Gasteiger partial charge in [0.1, 0.15) is 0 Å². The van der Waals surface area contributed by atoms with Crippen molar-refractivity contribution in [2.75, 3.05) is 0 Å². The number of hydrogen-bond donors (Lipinski definition) is 0. The predicted molar refractivity (Wildman–Crippen MR) is 43.4 cm³/mol. The summed E-state index contributed by atoms with van der Waals surface area (Å²) in [4.78, 5) is 10.4. The van der Waals surface area contributed by atoms with Gasteiger partial charge in [-0.2, -0.15) is 0 Å². The molecular weight excluding hydrogens is 154 g/mol. The number of rotatable bonds is 0. The van der Waals surface area contributed by atoms with E-state index in [4.69, 9.17) is 0 Å². The maximum absolute atomic E-state index is 10.4. The summed E-state index contributed by atoms with van der Waals surface area (Å²) in [6, 6.07) is 7.44. The summed E-state index contributed by atoms with van der Waals surface area (Å²) in [7, 11) is 0. The van der Waals surface area contributed by atoms with Crippen LogP contribution >= 0.6 is 0 Å². The zero-order valence-electron chi connectivity index (χ0n) is 6.23. The molecule has 1 aromatic carbocycles. The zero-order chi connectivity index (χ0) is 8.55. The van der Waals surface area contributed by atoms with Crippen LogP contribution < -0.4 is 0 Å². The summed E-state index contributed by atoms with van der Waals surface area (Å²) in [5.74, 6) is 0. The molecule has 1 aromatic heterocycles. The molecular formula is C9H6NO2. The van der Waals surface area contributed by atoms with Crippen LogP contribution in [0.25, 0.3) is 10.8 Å². The summed E-state index contributed by atoms with van der Waals surface area (Å²) in [6.07, 6.45) is 1.86. The van der Waals surface area contributed by atoms with Crippen molar-refractivity contribution in [3.63, 3.8) is 0 Å². The summed E-state index contributed by atoms with van der Waals surface area (Å²) < 4.78 is 1.05. The summed E-state index contributed by atoms with van der Waals surface area (Å²) in [6.45, 7) is 0. The van der Waals surface area contributed by atoms with Gasteiger partial charge in [0.05, 0.1) is 0 Å². The molecule has 1 radical (unpaired) electrons. The van der Waals surface area contributed by atoms with Crippen molar-refractivity contribution in [3.8, 4) is 0 Å². The fraction of sp³-hybridized carbons (Fsp3) is 0. The Morgan fingerprint density at radius 2 is 1.58 bits per heavy atom. The van der Waals surface area contributed by atoms with E-state index in [1.54, 1.807) is 0 Å². The minimum absolute atomic E-state index is 0.904. The lowest BCUT2D eigenvalue weighted by Gasteiger charge is -1.84. The van der Waals surface area contributed by atoms with E-state index in [1.807, 2.05) is 24.3 Å². The normalized spacial score (nSPS) is 10.3. The lowest BCUT2D eigenvalue weighted by molar-refractivity contribution is 0.170. The van der Waals surface area contributed by atoms with E-state index in [-0.39, 0.29) is 0 Å². The number of carbonyl (C=O) groups excluding carboxylic acids is 1. The molecule has 2 aromatic rings. The van der Waals surface area contributed by atoms with Crippen LogP contribution in [0.2, 0.25) is 0 Å². The summed E-state index contributed by atoms with van der Waals surface area (Å²) in [5, 5.41) is 12.2. The average molecular weight is 160 g/mol. The molecule has 3 nitrogen and oxygen atoms in total. The Bertz CT molecular complexity index is 398. The molecule has 0 atom stereocenters. The maximum Gasteiger partial charge on any atom is 0.461 e. The van der Waals surface area contributed by atoms with Gasteiger partial charge >= 0.3 is 6.09 Å². The number of aromatic nitrogens is 1. The molecule has 2 rings (SSSR count). The van der Waals surface area contributed by atoms with Gasteiger partial charge < -0.3 is 0 Å². The first-order valence-electron chi connectivity index (χ1n) is 3.55. The molecule has 3 heteroatoms. The van der Waals surface area contributed by atoms with Crippen molar-refractivity contribution in [2.45, 2.75) is 0 Å². The molecule has 0 saturated carbocycles. The van der Waals surface area contributed by atoms with Crippen molar-refractivity contribution in [3.05, 3.63) is 36.7 Å². The molecule has 0 aliphatic carbocycles. The van der Waals surface area contributed by atoms with Crippen molar-refractivity contribution < 1.29 is 9.90 Å². The second kappa shape index (κ2) is 2.37. The SMILES string of the molecule is [O]C(=O)n1cc2ccccc2c1. The molecule has 0 bridgehead atoms. The van der Waals surface area contributed by atoms with E-state index in [0.29, 0.717) is 0 Å². The van der Waals surface area contributed by atoms with Gasteiger partial charge in [-0.1, -0.05) is 24.3 Å². The molecule has 0 aliphatic heterocycles.